The lowest BCUT2D eigenvalue weighted by Crippen LogP contribution is -2.35. The molecular weight excluding hydrogens is 502 g/mol. The van der Waals surface area contributed by atoms with Crippen LogP contribution < -0.4 is 4.90 Å². The van der Waals surface area contributed by atoms with Crippen LogP contribution in [-0.4, -0.2) is 48.0 Å². The summed E-state index contributed by atoms with van der Waals surface area (Å²) in [6.45, 7) is 2.84. The van der Waals surface area contributed by atoms with Gasteiger partial charge in [0.1, 0.15) is 17.3 Å². The van der Waals surface area contributed by atoms with Gasteiger partial charge in [0.25, 0.3) is 5.91 Å². The van der Waals surface area contributed by atoms with E-state index in [4.69, 9.17) is 11.6 Å². The summed E-state index contributed by atoms with van der Waals surface area (Å²) in [6.07, 6.45) is 4.62. The van der Waals surface area contributed by atoms with Crippen molar-refractivity contribution in [2.75, 3.05) is 32.1 Å². The second kappa shape index (κ2) is 9.82. The zero-order valence-electron chi connectivity index (χ0n) is 20.4. The highest BCUT2D eigenvalue weighted by Gasteiger charge is 2.30. The molecule has 2 aromatic heterocycles. The van der Waals surface area contributed by atoms with E-state index < -0.39 is 5.82 Å². The molecule has 9 heteroatoms. The molecule has 0 spiro atoms. The summed E-state index contributed by atoms with van der Waals surface area (Å²) in [4.78, 5) is 26.0. The number of carbonyl (C=O) groups excluding carboxylic acids is 1. The van der Waals surface area contributed by atoms with E-state index in [1.54, 1.807) is 19.1 Å². The number of carbonyl (C=O) groups is 1. The van der Waals surface area contributed by atoms with Gasteiger partial charge < -0.3 is 14.8 Å². The van der Waals surface area contributed by atoms with Gasteiger partial charge in [-0.05, 0) is 67.0 Å². The number of nitrogens with zero attached hydrogens (tertiary/aromatic N) is 3. The van der Waals surface area contributed by atoms with Crippen LogP contribution in [0.3, 0.4) is 0 Å². The van der Waals surface area contributed by atoms with Gasteiger partial charge in [0.05, 0.1) is 9.90 Å². The molecule has 0 atom stereocenters. The number of amides is 1. The van der Waals surface area contributed by atoms with Crippen LogP contribution in [0, 0.1) is 24.5 Å². The van der Waals surface area contributed by atoms with E-state index in [1.807, 2.05) is 36.2 Å². The molecule has 1 N–H and O–H groups in total. The maximum absolute atomic E-state index is 14.4. The van der Waals surface area contributed by atoms with E-state index in [9.17, 15) is 13.6 Å². The van der Waals surface area contributed by atoms with Crippen LogP contribution in [-0.2, 0) is 6.42 Å². The van der Waals surface area contributed by atoms with Gasteiger partial charge >= 0.3 is 0 Å². The first kappa shape index (κ1) is 24.7. The van der Waals surface area contributed by atoms with Crippen molar-refractivity contribution in [3.8, 4) is 10.4 Å². The lowest BCUT2D eigenvalue weighted by atomic mass is 10.1. The van der Waals surface area contributed by atoms with Gasteiger partial charge in [0.2, 0.25) is 0 Å². The minimum Gasteiger partial charge on any atom is -0.361 e. The second-order valence-electron chi connectivity index (χ2n) is 9.60. The van der Waals surface area contributed by atoms with E-state index >= 15 is 0 Å². The Bertz CT molecular complexity index is 1440. The quantitative estimate of drug-likeness (QED) is 0.277. The summed E-state index contributed by atoms with van der Waals surface area (Å²) in [5, 5.41) is 1.61. The van der Waals surface area contributed by atoms with Crippen molar-refractivity contribution in [2.24, 2.45) is 5.92 Å². The number of aryl methyl sites for hydroxylation is 1. The standard InChI is InChI=1S/C27H27ClF2N4OS/c1-15-4-7-17(10-21(15)29)25-24(32-27(36-25)33(2)3)26(35)34(14-16-5-6-16)9-8-18-13-31-23-12-22(30)20(28)11-19(18)23/h4,7,10-13,16,31H,5-6,8-9,14H2,1-3H3. The Hall–Kier alpha value is -2.97. The van der Waals surface area contributed by atoms with Crippen LogP contribution in [0.1, 0.15) is 34.5 Å². The Morgan fingerprint density at radius 2 is 1.97 bits per heavy atom. The maximum Gasteiger partial charge on any atom is 0.274 e. The first-order valence-electron chi connectivity index (χ1n) is 11.9. The number of hydrogen-bond donors (Lipinski definition) is 1. The second-order valence-corrected chi connectivity index (χ2v) is 11.0. The van der Waals surface area contributed by atoms with Crippen molar-refractivity contribution in [1.82, 2.24) is 14.9 Å². The monoisotopic (exact) mass is 528 g/mol. The third kappa shape index (κ3) is 4.97. The molecule has 5 rings (SSSR count). The van der Waals surface area contributed by atoms with Gasteiger partial charge in [-0.25, -0.2) is 13.8 Å². The molecule has 1 aliphatic carbocycles. The normalized spacial score (nSPS) is 13.4. The van der Waals surface area contributed by atoms with Gasteiger partial charge in [0.15, 0.2) is 5.13 Å². The van der Waals surface area contributed by atoms with Crippen LogP contribution in [0.4, 0.5) is 13.9 Å². The average molecular weight is 529 g/mol. The Morgan fingerprint density at radius 3 is 2.67 bits per heavy atom. The zero-order chi connectivity index (χ0) is 25.6. The van der Waals surface area contributed by atoms with Crippen LogP contribution in [0.15, 0.2) is 36.5 Å². The molecule has 36 heavy (non-hydrogen) atoms. The largest absolute Gasteiger partial charge is 0.361 e. The molecule has 188 valence electrons. The van der Waals surface area contributed by atoms with E-state index in [1.165, 1.54) is 23.5 Å². The number of aromatic nitrogens is 2. The highest BCUT2D eigenvalue weighted by atomic mass is 35.5. The molecule has 5 nitrogen and oxygen atoms in total. The van der Waals surface area contributed by atoms with E-state index in [0.29, 0.717) is 57.8 Å². The van der Waals surface area contributed by atoms with E-state index in [0.717, 1.165) is 23.8 Å². The molecule has 0 saturated heterocycles. The molecule has 0 bridgehead atoms. The van der Waals surface area contributed by atoms with Crippen LogP contribution in [0.5, 0.6) is 0 Å². The summed E-state index contributed by atoms with van der Waals surface area (Å²) in [5.74, 6) is -0.461. The smallest absolute Gasteiger partial charge is 0.274 e. The minimum absolute atomic E-state index is 0.0722. The van der Waals surface area contributed by atoms with Gasteiger partial charge in [-0.3, -0.25) is 4.79 Å². The third-order valence-corrected chi connectivity index (χ3v) is 8.12. The number of aromatic amines is 1. The van der Waals surface area contributed by atoms with E-state index in [2.05, 4.69) is 9.97 Å². The number of benzene rings is 2. The van der Waals surface area contributed by atoms with E-state index in [-0.39, 0.29) is 16.7 Å². The summed E-state index contributed by atoms with van der Waals surface area (Å²) in [6, 6.07) is 8.04. The SMILES string of the molecule is Cc1ccc(-c2sc(N(C)C)nc2C(=O)N(CCc2c[nH]c3cc(F)c(Cl)cc23)CC2CC2)cc1F. The zero-order valence-corrected chi connectivity index (χ0v) is 21.9. The van der Waals surface area contributed by atoms with Gasteiger partial charge in [-0.15, -0.1) is 0 Å². The molecule has 4 aromatic rings. The number of anilines is 1. The Labute approximate surface area is 217 Å². The predicted molar refractivity (Wildman–Crippen MR) is 142 cm³/mol. The topological polar surface area (TPSA) is 52.2 Å². The Kier molecular flexibility index (Phi) is 6.74. The molecule has 1 saturated carbocycles. The lowest BCUT2D eigenvalue weighted by molar-refractivity contribution is 0.0745. The fourth-order valence-corrected chi connectivity index (χ4v) is 5.39. The first-order valence-corrected chi connectivity index (χ1v) is 13.1. The average Bonchev–Trinajstić information content (AvgIpc) is 3.41. The Balaban J connectivity index is 1.46. The molecule has 2 aromatic carbocycles. The Morgan fingerprint density at radius 1 is 1.19 bits per heavy atom. The molecular formula is C27H27ClF2N4OS. The maximum atomic E-state index is 14.4. The fraction of sp³-hybridized carbons (Fsp3) is 0.333. The number of nitrogens with one attached hydrogen (secondary N) is 1. The summed E-state index contributed by atoms with van der Waals surface area (Å²) >= 11 is 7.40. The molecule has 1 fully saturated rings. The third-order valence-electron chi connectivity index (χ3n) is 6.56. The van der Waals surface area contributed by atoms with Crippen molar-refractivity contribution in [1.29, 1.82) is 0 Å². The number of rotatable bonds is 8. The highest BCUT2D eigenvalue weighted by Crippen LogP contribution is 2.37. The van der Waals surface area contributed by atoms with Gasteiger partial charge in [0, 0.05) is 44.3 Å². The van der Waals surface area contributed by atoms with Crippen LogP contribution in [0.25, 0.3) is 21.3 Å². The highest BCUT2D eigenvalue weighted by molar-refractivity contribution is 7.19. The fourth-order valence-electron chi connectivity index (χ4n) is 4.25. The molecule has 0 unspecified atom stereocenters. The molecule has 1 amide bonds. The number of H-pyrrole nitrogens is 1. The van der Waals surface area contributed by atoms with Crippen molar-refractivity contribution >= 4 is 44.9 Å². The van der Waals surface area contributed by atoms with Gasteiger partial charge in [-0.2, -0.15) is 0 Å². The van der Waals surface area contributed by atoms with Crippen LogP contribution in [0.2, 0.25) is 5.02 Å². The first-order chi connectivity index (χ1) is 17.2. The number of thiazole rings is 1. The minimum atomic E-state index is -0.469. The van der Waals surface area contributed by atoms with Crippen molar-refractivity contribution in [2.45, 2.75) is 26.2 Å². The number of halogens is 3. The van der Waals surface area contributed by atoms with Crippen molar-refractivity contribution in [3.63, 3.8) is 0 Å². The van der Waals surface area contributed by atoms with Crippen LogP contribution >= 0.6 is 22.9 Å². The predicted octanol–water partition coefficient (Wildman–Crippen LogP) is 6.69. The molecule has 0 aliphatic heterocycles. The summed E-state index contributed by atoms with van der Waals surface area (Å²) in [7, 11) is 3.75. The lowest BCUT2D eigenvalue weighted by Gasteiger charge is -2.22. The van der Waals surface area contributed by atoms with Crippen molar-refractivity contribution in [3.05, 3.63) is 70.0 Å². The van der Waals surface area contributed by atoms with Crippen molar-refractivity contribution < 1.29 is 13.6 Å². The molecule has 2 heterocycles. The molecule has 0 radical (unpaired) electrons. The molecule has 1 aliphatic rings. The summed E-state index contributed by atoms with van der Waals surface area (Å²) < 4.78 is 28.3. The van der Waals surface area contributed by atoms with Gasteiger partial charge in [-0.1, -0.05) is 35.1 Å². The summed E-state index contributed by atoms with van der Waals surface area (Å²) in [5.41, 5.74) is 3.18. The number of fused-ring (bicyclic) bond motifs is 1. The number of hydrogen-bond acceptors (Lipinski definition) is 4.